The number of nitrogens with zero attached hydrogens (tertiary/aromatic N) is 2. The third kappa shape index (κ3) is 7.02. The molecule has 3 heteroatoms. The van der Waals surface area contributed by atoms with Gasteiger partial charge in [-0.2, -0.15) is 0 Å². The molecule has 0 unspecified atom stereocenters. The molecule has 0 fully saturated rings. The van der Waals surface area contributed by atoms with Gasteiger partial charge in [-0.3, -0.25) is 0 Å². The lowest BCUT2D eigenvalue weighted by Crippen LogP contribution is -2.11. The Balaban J connectivity index is 0.931. The molecular weight excluding hydrogens is 753 g/mol. The Labute approximate surface area is 361 Å². The second-order valence-corrected chi connectivity index (χ2v) is 15.5. The van der Waals surface area contributed by atoms with Crippen molar-refractivity contribution in [2.24, 2.45) is 0 Å². The van der Waals surface area contributed by atoms with Crippen molar-refractivity contribution in [1.29, 1.82) is 0 Å². The van der Waals surface area contributed by atoms with E-state index in [1.807, 2.05) is 6.07 Å². The molecule has 3 nitrogen and oxygen atoms in total. The summed E-state index contributed by atoms with van der Waals surface area (Å²) in [7, 11) is 0. The Kier molecular flexibility index (Phi) is 9.53. The van der Waals surface area contributed by atoms with Gasteiger partial charge in [0.1, 0.15) is 5.52 Å². The lowest BCUT2D eigenvalue weighted by molar-refractivity contribution is 0.623. The van der Waals surface area contributed by atoms with Gasteiger partial charge >= 0.3 is 0 Å². The quantitative estimate of drug-likeness (QED) is 0.146. The first-order valence-electron chi connectivity index (χ1n) is 21.0. The van der Waals surface area contributed by atoms with E-state index in [0.717, 1.165) is 61.2 Å². The van der Waals surface area contributed by atoms with Crippen molar-refractivity contribution < 1.29 is 4.42 Å². The fourth-order valence-corrected chi connectivity index (χ4v) is 8.61. The Hall–Kier alpha value is -8.27. The van der Waals surface area contributed by atoms with E-state index in [0.29, 0.717) is 5.89 Å². The summed E-state index contributed by atoms with van der Waals surface area (Å²) in [5.74, 6) is 0.622. The number of para-hydroxylation sites is 1. The van der Waals surface area contributed by atoms with Crippen LogP contribution in [-0.2, 0) is 0 Å². The zero-order valence-corrected chi connectivity index (χ0v) is 33.9. The molecule has 292 valence electrons. The van der Waals surface area contributed by atoms with Crippen molar-refractivity contribution >= 4 is 38.9 Å². The fraction of sp³-hybridized carbons (Fsp3) is 0. The summed E-state index contributed by atoms with van der Waals surface area (Å²) in [4.78, 5) is 7.26. The summed E-state index contributed by atoms with van der Waals surface area (Å²) in [5.41, 5.74) is 17.6. The molecule has 1 heterocycles. The Bertz CT molecular complexity index is 3300. The van der Waals surface area contributed by atoms with Gasteiger partial charge in [-0.25, -0.2) is 4.98 Å². The van der Waals surface area contributed by atoms with Crippen LogP contribution in [0.15, 0.2) is 247 Å². The van der Waals surface area contributed by atoms with E-state index in [2.05, 4.69) is 241 Å². The van der Waals surface area contributed by atoms with Crippen LogP contribution >= 0.6 is 0 Å². The topological polar surface area (TPSA) is 29.3 Å². The van der Waals surface area contributed by atoms with Crippen molar-refractivity contribution in [2.45, 2.75) is 0 Å². The van der Waals surface area contributed by atoms with Crippen LogP contribution < -0.4 is 4.90 Å². The van der Waals surface area contributed by atoms with E-state index in [1.165, 1.54) is 38.9 Å². The normalized spacial score (nSPS) is 11.2. The Morgan fingerprint density at radius 3 is 1.37 bits per heavy atom. The third-order valence-electron chi connectivity index (χ3n) is 11.7. The third-order valence-corrected chi connectivity index (χ3v) is 11.7. The van der Waals surface area contributed by atoms with Crippen molar-refractivity contribution in [3.8, 4) is 67.1 Å². The van der Waals surface area contributed by atoms with Gasteiger partial charge in [-0.15, -0.1) is 0 Å². The van der Waals surface area contributed by atoms with Gasteiger partial charge in [0.05, 0.1) is 5.69 Å². The number of anilines is 3. The maximum atomic E-state index is 6.49. The molecule has 0 aliphatic rings. The summed E-state index contributed by atoms with van der Waals surface area (Å²) >= 11 is 0. The zero-order chi connectivity index (χ0) is 41.2. The van der Waals surface area contributed by atoms with Crippen molar-refractivity contribution in [2.75, 3.05) is 4.90 Å². The van der Waals surface area contributed by atoms with Gasteiger partial charge in [0, 0.05) is 27.9 Å². The molecule has 0 amide bonds. The molecule has 11 rings (SSSR count). The summed E-state index contributed by atoms with van der Waals surface area (Å²) in [6.45, 7) is 0. The van der Waals surface area contributed by atoms with E-state index >= 15 is 0 Å². The molecule has 11 aromatic rings. The van der Waals surface area contributed by atoms with Gasteiger partial charge in [0.2, 0.25) is 5.89 Å². The molecule has 0 spiro atoms. The highest BCUT2D eigenvalue weighted by atomic mass is 16.3. The maximum absolute atomic E-state index is 6.49. The average molecular weight is 793 g/mol. The monoisotopic (exact) mass is 792 g/mol. The van der Waals surface area contributed by atoms with E-state index in [4.69, 9.17) is 9.40 Å². The summed E-state index contributed by atoms with van der Waals surface area (Å²) < 4.78 is 6.49. The first-order valence-corrected chi connectivity index (χ1v) is 21.0. The predicted molar refractivity (Wildman–Crippen MR) is 259 cm³/mol. The van der Waals surface area contributed by atoms with E-state index in [9.17, 15) is 0 Å². The SMILES string of the molecule is c1ccc(-c2ccc(-c3nc4ccc5cc(-c6ccccc6-c6ccc(N(c7ccc(-c8ccccc8)cc7)c7ccccc7-c7ccccc7)cc6)ccc5c4o3)cc2)cc1. The van der Waals surface area contributed by atoms with Crippen molar-refractivity contribution in [3.63, 3.8) is 0 Å². The summed E-state index contributed by atoms with van der Waals surface area (Å²) in [5, 5.41) is 2.15. The first kappa shape index (κ1) is 36.8. The van der Waals surface area contributed by atoms with Gasteiger partial charge in [0.25, 0.3) is 0 Å². The minimum atomic E-state index is 0.622. The molecule has 0 bridgehead atoms. The number of rotatable bonds is 9. The molecule has 0 saturated carbocycles. The molecule has 1 aromatic heterocycles. The lowest BCUT2D eigenvalue weighted by Gasteiger charge is -2.28. The second-order valence-electron chi connectivity index (χ2n) is 15.5. The smallest absolute Gasteiger partial charge is 0.227 e. The van der Waals surface area contributed by atoms with Gasteiger partial charge in [-0.1, -0.05) is 182 Å². The fourth-order valence-electron chi connectivity index (χ4n) is 8.61. The highest BCUT2D eigenvalue weighted by molar-refractivity contribution is 6.05. The largest absolute Gasteiger partial charge is 0.435 e. The molecule has 62 heavy (non-hydrogen) atoms. The van der Waals surface area contributed by atoms with Crippen LogP contribution in [0.3, 0.4) is 0 Å². The van der Waals surface area contributed by atoms with Crippen molar-refractivity contribution in [1.82, 2.24) is 4.98 Å². The average Bonchev–Trinajstić information content (AvgIpc) is 3.81. The van der Waals surface area contributed by atoms with Crippen LogP contribution in [0.2, 0.25) is 0 Å². The van der Waals surface area contributed by atoms with Crippen LogP contribution in [0, 0.1) is 0 Å². The molecule has 0 aliphatic carbocycles. The number of hydrogen-bond donors (Lipinski definition) is 0. The maximum Gasteiger partial charge on any atom is 0.227 e. The van der Waals surface area contributed by atoms with E-state index < -0.39 is 0 Å². The minimum absolute atomic E-state index is 0.622. The molecule has 0 atom stereocenters. The van der Waals surface area contributed by atoms with Gasteiger partial charge < -0.3 is 9.32 Å². The van der Waals surface area contributed by atoms with Crippen LogP contribution in [-0.4, -0.2) is 4.98 Å². The molecule has 0 radical (unpaired) electrons. The predicted octanol–water partition coefficient (Wildman–Crippen LogP) is 16.5. The number of hydrogen-bond acceptors (Lipinski definition) is 3. The first-order chi connectivity index (χ1) is 30.7. The molecular formula is C59H40N2O. The Morgan fingerprint density at radius 2 is 0.758 bits per heavy atom. The zero-order valence-electron chi connectivity index (χ0n) is 33.9. The molecule has 0 N–H and O–H groups in total. The number of aromatic nitrogens is 1. The van der Waals surface area contributed by atoms with Crippen LogP contribution in [0.5, 0.6) is 0 Å². The molecule has 0 aliphatic heterocycles. The summed E-state index contributed by atoms with van der Waals surface area (Å²) in [6, 6.07) is 86.1. The van der Waals surface area contributed by atoms with E-state index in [-0.39, 0.29) is 0 Å². The van der Waals surface area contributed by atoms with Crippen LogP contribution in [0.1, 0.15) is 0 Å². The Morgan fingerprint density at radius 1 is 0.323 bits per heavy atom. The molecule has 10 aromatic carbocycles. The van der Waals surface area contributed by atoms with Crippen LogP contribution in [0.4, 0.5) is 17.1 Å². The lowest BCUT2D eigenvalue weighted by atomic mass is 9.93. The van der Waals surface area contributed by atoms with Gasteiger partial charge in [0.15, 0.2) is 5.58 Å². The van der Waals surface area contributed by atoms with E-state index in [1.54, 1.807) is 0 Å². The molecule has 0 saturated heterocycles. The number of fused-ring (bicyclic) bond motifs is 3. The number of benzene rings is 10. The van der Waals surface area contributed by atoms with Crippen molar-refractivity contribution in [3.05, 3.63) is 243 Å². The van der Waals surface area contributed by atoms with Gasteiger partial charge in [-0.05, 0) is 116 Å². The minimum Gasteiger partial charge on any atom is -0.435 e. The summed E-state index contributed by atoms with van der Waals surface area (Å²) in [6.07, 6.45) is 0. The standard InChI is InChI=1S/C59H40N2O/c1-4-14-41(15-5-1)43-24-26-47(27-25-43)59-60-56-39-33-49-40-48(32-38-55(49)58(56)62-59)53-21-11-10-20-52(53)46-30-36-51(37-31-46)61(50-34-28-44(29-35-50)42-16-6-2-7-17-42)57-23-13-12-22-54(57)45-18-8-3-9-19-45/h1-40H. The number of oxazole rings is 1. The highest BCUT2D eigenvalue weighted by Gasteiger charge is 2.19. The second kappa shape index (κ2) is 16.1. The van der Waals surface area contributed by atoms with Crippen LogP contribution in [0.25, 0.3) is 89.0 Å². The highest BCUT2D eigenvalue weighted by Crippen LogP contribution is 2.43.